The molecule has 1 aliphatic heterocycles. The highest BCUT2D eigenvalue weighted by atomic mass is 32.1. The van der Waals surface area contributed by atoms with Crippen LogP contribution in [0.25, 0.3) is 0 Å². The zero-order chi connectivity index (χ0) is 13.2. The molecule has 2 rings (SSSR count). The molecule has 1 aliphatic carbocycles. The molecule has 0 aromatic carbocycles. The van der Waals surface area contributed by atoms with Crippen molar-refractivity contribution in [2.24, 2.45) is 11.7 Å². The van der Waals surface area contributed by atoms with E-state index in [0.717, 1.165) is 56.5 Å². The van der Waals surface area contributed by atoms with Crippen molar-refractivity contribution < 1.29 is 0 Å². The average Bonchev–Trinajstić information content (AvgIpc) is 2.40. The fourth-order valence-electron chi connectivity index (χ4n) is 3.45. The summed E-state index contributed by atoms with van der Waals surface area (Å²) in [6, 6.07) is 0. The van der Waals surface area contributed by atoms with Gasteiger partial charge in [0.1, 0.15) is 0 Å². The second-order valence-electron chi connectivity index (χ2n) is 6.00. The van der Waals surface area contributed by atoms with Crippen LogP contribution in [0, 0.1) is 5.92 Å². The molecule has 1 saturated carbocycles. The topological polar surface area (TPSA) is 32.5 Å². The fraction of sp³-hybridized carbons (Fsp3) is 0.929. The zero-order valence-corrected chi connectivity index (χ0v) is 12.6. The van der Waals surface area contributed by atoms with Gasteiger partial charge in [-0.15, -0.1) is 0 Å². The fourth-order valence-corrected chi connectivity index (χ4v) is 3.78. The normalized spacial score (nSPS) is 35.6. The zero-order valence-electron chi connectivity index (χ0n) is 11.8. The lowest BCUT2D eigenvalue weighted by Gasteiger charge is -2.50. The van der Waals surface area contributed by atoms with Crippen molar-refractivity contribution in [2.75, 3.05) is 32.7 Å². The number of piperazine rings is 1. The number of likely N-dealkylation sites (N-methyl/N-ethyl adjacent to an activating group) is 1. The van der Waals surface area contributed by atoms with Crippen LogP contribution in [-0.2, 0) is 0 Å². The third-order valence-electron chi connectivity index (χ3n) is 4.98. The molecule has 0 radical (unpaired) electrons. The molecule has 0 atom stereocenters. The summed E-state index contributed by atoms with van der Waals surface area (Å²) in [4.78, 5) is 5.82. The molecule has 1 heterocycles. The Morgan fingerprint density at radius 3 is 2.22 bits per heavy atom. The predicted molar refractivity (Wildman–Crippen MR) is 80.8 cm³/mol. The lowest BCUT2D eigenvalue weighted by molar-refractivity contribution is 0.0433. The van der Waals surface area contributed by atoms with Crippen molar-refractivity contribution in [2.45, 2.75) is 45.1 Å². The van der Waals surface area contributed by atoms with Crippen molar-refractivity contribution >= 4 is 17.2 Å². The molecule has 2 N–H and O–H groups in total. The Morgan fingerprint density at radius 1 is 1.22 bits per heavy atom. The summed E-state index contributed by atoms with van der Waals surface area (Å²) in [5.74, 6) is 0.837. The van der Waals surface area contributed by atoms with Gasteiger partial charge >= 0.3 is 0 Å². The minimum Gasteiger partial charge on any atom is -0.392 e. The van der Waals surface area contributed by atoms with Crippen molar-refractivity contribution in [1.82, 2.24) is 9.80 Å². The quantitative estimate of drug-likeness (QED) is 0.793. The molecule has 18 heavy (non-hydrogen) atoms. The van der Waals surface area contributed by atoms with E-state index in [1.165, 1.54) is 12.8 Å². The molecule has 4 heteroatoms. The number of hydrogen-bond acceptors (Lipinski definition) is 3. The maximum absolute atomic E-state index is 6.12. The van der Waals surface area contributed by atoms with Gasteiger partial charge in [-0.05, 0) is 38.1 Å². The highest BCUT2D eigenvalue weighted by Crippen LogP contribution is 2.37. The van der Waals surface area contributed by atoms with Gasteiger partial charge in [-0.2, -0.15) is 0 Å². The van der Waals surface area contributed by atoms with Gasteiger partial charge < -0.3 is 10.6 Å². The Bertz CT molecular complexity index is 289. The van der Waals surface area contributed by atoms with E-state index in [9.17, 15) is 0 Å². The molecule has 0 aromatic heterocycles. The summed E-state index contributed by atoms with van der Waals surface area (Å²) in [6.07, 6.45) is 4.86. The maximum atomic E-state index is 6.12. The summed E-state index contributed by atoms with van der Waals surface area (Å²) in [7, 11) is 0. The minimum absolute atomic E-state index is 0.0294. The van der Waals surface area contributed by atoms with E-state index < -0.39 is 0 Å². The second-order valence-corrected chi connectivity index (χ2v) is 6.44. The molecule has 0 unspecified atom stereocenters. The average molecular weight is 269 g/mol. The summed E-state index contributed by atoms with van der Waals surface area (Å²) in [6.45, 7) is 10.3. The molecule has 3 nitrogen and oxygen atoms in total. The highest BCUT2D eigenvalue weighted by molar-refractivity contribution is 7.80. The van der Waals surface area contributed by atoms with Crippen LogP contribution in [0.3, 0.4) is 0 Å². The Kier molecular flexibility index (Phi) is 4.62. The molecule has 0 spiro atoms. The Labute approximate surface area is 117 Å². The second kappa shape index (κ2) is 5.85. The van der Waals surface area contributed by atoms with Crippen molar-refractivity contribution in [1.29, 1.82) is 0 Å². The SMILES string of the molecule is CCN1CCN(C2(C(N)=S)CCC(C)CC2)CC1. The van der Waals surface area contributed by atoms with E-state index in [1.54, 1.807) is 0 Å². The van der Waals surface area contributed by atoms with Gasteiger partial charge in [0, 0.05) is 26.2 Å². The molecular formula is C14H27N3S. The van der Waals surface area contributed by atoms with Crippen LogP contribution < -0.4 is 5.73 Å². The Balaban J connectivity index is 2.05. The van der Waals surface area contributed by atoms with Gasteiger partial charge in [0.25, 0.3) is 0 Å². The van der Waals surface area contributed by atoms with Crippen LogP contribution in [-0.4, -0.2) is 53.1 Å². The molecule has 104 valence electrons. The van der Waals surface area contributed by atoms with Crippen molar-refractivity contribution in [3.05, 3.63) is 0 Å². The molecule has 0 aromatic rings. The van der Waals surface area contributed by atoms with Crippen LogP contribution in [0.4, 0.5) is 0 Å². The Hall–Kier alpha value is -0.190. The molecule has 0 amide bonds. The van der Waals surface area contributed by atoms with Crippen LogP contribution >= 0.6 is 12.2 Å². The van der Waals surface area contributed by atoms with Gasteiger partial charge in [0.05, 0.1) is 10.5 Å². The summed E-state index contributed by atoms with van der Waals surface area (Å²) >= 11 is 5.43. The van der Waals surface area contributed by atoms with E-state index in [1.807, 2.05) is 0 Å². The van der Waals surface area contributed by atoms with Crippen LogP contribution in [0.2, 0.25) is 0 Å². The first-order chi connectivity index (χ1) is 8.58. The summed E-state index contributed by atoms with van der Waals surface area (Å²) in [5, 5.41) is 0. The van der Waals surface area contributed by atoms with E-state index in [2.05, 4.69) is 23.6 Å². The smallest absolute Gasteiger partial charge is 0.0933 e. The van der Waals surface area contributed by atoms with Gasteiger partial charge in [-0.25, -0.2) is 0 Å². The van der Waals surface area contributed by atoms with Gasteiger partial charge in [0.2, 0.25) is 0 Å². The lowest BCUT2D eigenvalue weighted by Crippen LogP contribution is -2.63. The molecule has 1 saturated heterocycles. The summed E-state index contributed by atoms with van der Waals surface area (Å²) in [5.41, 5.74) is 6.15. The Morgan fingerprint density at radius 2 is 1.78 bits per heavy atom. The third kappa shape index (κ3) is 2.70. The maximum Gasteiger partial charge on any atom is 0.0933 e. The molecular weight excluding hydrogens is 242 g/mol. The number of hydrogen-bond donors (Lipinski definition) is 1. The lowest BCUT2D eigenvalue weighted by atomic mass is 9.75. The third-order valence-corrected chi connectivity index (χ3v) is 5.36. The van der Waals surface area contributed by atoms with Gasteiger partial charge in [0.15, 0.2) is 0 Å². The summed E-state index contributed by atoms with van der Waals surface area (Å²) < 4.78 is 0. The van der Waals surface area contributed by atoms with Gasteiger partial charge in [-0.1, -0.05) is 26.1 Å². The first kappa shape index (κ1) is 14.2. The number of nitrogens with zero attached hydrogens (tertiary/aromatic N) is 2. The molecule has 2 fully saturated rings. The van der Waals surface area contributed by atoms with Crippen LogP contribution in [0.15, 0.2) is 0 Å². The number of thiocarbonyl (C=S) groups is 1. The monoisotopic (exact) mass is 269 g/mol. The first-order valence-corrected chi connectivity index (χ1v) is 7.76. The first-order valence-electron chi connectivity index (χ1n) is 7.36. The van der Waals surface area contributed by atoms with Crippen LogP contribution in [0.5, 0.6) is 0 Å². The van der Waals surface area contributed by atoms with E-state index >= 15 is 0 Å². The van der Waals surface area contributed by atoms with Crippen LogP contribution in [0.1, 0.15) is 39.5 Å². The van der Waals surface area contributed by atoms with Gasteiger partial charge in [-0.3, -0.25) is 4.90 Å². The van der Waals surface area contributed by atoms with E-state index in [4.69, 9.17) is 18.0 Å². The number of rotatable bonds is 3. The van der Waals surface area contributed by atoms with Crippen molar-refractivity contribution in [3.8, 4) is 0 Å². The largest absolute Gasteiger partial charge is 0.392 e. The highest BCUT2D eigenvalue weighted by Gasteiger charge is 2.42. The molecule has 0 bridgehead atoms. The van der Waals surface area contributed by atoms with Crippen molar-refractivity contribution in [3.63, 3.8) is 0 Å². The standard InChI is InChI=1S/C14H27N3S/c1-3-16-8-10-17(11-9-16)14(13(15)18)6-4-12(2)5-7-14/h12H,3-11H2,1-2H3,(H2,15,18). The minimum atomic E-state index is 0.0294. The van der Waals surface area contributed by atoms with E-state index in [-0.39, 0.29) is 5.54 Å². The van der Waals surface area contributed by atoms with E-state index in [0.29, 0.717) is 0 Å². The number of nitrogens with two attached hydrogens (primary N) is 1. The molecule has 2 aliphatic rings. The predicted octanol–water partition coefficient (Wildman–Crippen LogP) is 1.86.